The maximum atomic E-state index is 11.7. The van der Waals surface area contributed by atoms with Crippen LogP contribution in [0.15, 0.2) is 34.3 Å². The molecular formula is C13H15ClN6OS2. The van der Waals surface area contributed by atoms with Crippen molar-refractivity contribution < 1.29 is 4.79 Å². The molecule has 0 aliphatic rings. The largest absolute Gasteiger partial charge is 0.368 e. The second kappa shape index (κ2) is 8.80. The molecule has 0 unspecified atom stereocenters. The highest BCUT2D eigenvalue weighted by molar-refractivity contribution is 7.99. The van der Waals surface area contributed by atoms with Crippen LogP contribution >= 0.6 is 35.1 Å². The van der Waals surface area contributed by atoms with Crippen LogP contribution in [0.5, 0.6) is 0 Å². The molecule has 0 radical (unpaired) electrons. The standard InChI is InChI=1S/C13H15ClN6OS2/c14-8-1-3-9(4-2-8)22-6-5-17-10(21)7-23-13-19-11(15)18-12(16)20-13/h1-4H,5-7H2,(H,17,21)(H4,15,16,18,19,20). The second-order valence-electron chi connectivity index (χ2n) is 4.28. The predicted molar refractivity (Wildman–Crippen MR) is 94.6 cm³/mol. The number of carbonyl (C=O) groups is 1. The van der Waals surface area contributed by atoms with E-state index < -0.39 is 0 Å². The van der Waals surface area contributed by atoms with Crippen LogP contribution in [0.25, 0.3) is 0 Å². The van der Waals surface area contributed by atoms with E-state index in [1.54, 1.807) is 11.8 Å². The zero-order valence-corrected chi connectivity index (χ0v) is 14.4. The van der Waals surface area contributed by atoms with E-state index in [1.807, 2.05) is 24.3 Å². The quantitative estimate of drug-likeness (QED) is 0.497. The second-order valence-corrected chi connectivity index (χ2v) is 6.82. The van der Waals surface area contributed by atoms with Gasteiger partial charge in [-0.25, -0.2) is 0 Å². The summed E-state index contributed by atoms with van der Waals surface area (Å²) in [5.74, 6) is 0.932. The molecule has 5 N–H and O–H groups in total. The zero-order valence-electron chi connectivity index (χ0n) is 12.0. The van der Waals surface area contributed by atoms with Gasteiger partial charge in [0.15, 0.2) is 5.16 Å². The summed E-state index contributed by atoms with van der Waals surface area (Å²) in [6.07, 6.45) is 0. The fourth-order valence-corrected chi connectivity index (χ4v) is 3.10. The van der Waals surface area contributed by atoms with Gasteiger partial charge in [-0.1, -0.05) is 23.4 Å². The third-order valence-electron chi connectivity index (χ3n) is 2.49. The van der Waals surface area contributed by atoms with Gasteiger partial charge in [0, 0.05) is 22.2 Å². The van der Waals surface area contributed by atoms with Gasteiger partial charge in [0.05, 0.1) is 5.75 Å². The van der Waals surface area contributed by atoms with Crippen molar-refractivity contribution >= 4 is 52.9 Å². The molecule has 7 nitrogen and oxygen atoms in total. The van der Waals surface area contributed by atoms with Crippen LogP contribution in [0.1, 0.15) is 0 Å². The van der Waals surface area contributed by atoms with Crippen molar-refractivity contribution in [2.45, 2.75) is 10.1 Å². The normalized spacial score (nSPS) is 10.5. The van der Waals surface area contributed by atoms with Crippen molar-refractivity contribution in [2.75, 3.05) is 29.5 Å². The van der Waals surface area contributed by atoms with Crippen LogP contribution in [0.2, 0.25) is 5.02 Å². The highest BCUT2D eigenvalue weighted by Crippen LogP contribution is 2.19. The van der Waals surface area contributed by atoms with Gasteiger partial charge < -0.3 is 16.8 Å². The van der Waals surface area contributed by atoms with E-state index in [1.165, 1.54) is 0 Å². The summed E-state index contributed by atoms with van der Waals surface area (Å²) < 4.78 is 0. The van der Waals surface area contributed by atoms with Crippen molar-refractivity contribution in [1.82, 2.24) is 20.3 Å². The molecule has 0 aliphatic carbocycles. The summed E-state index contributed by atoms with van der Waals surface area (Å²) in [6, 6.07) is 7.57. The van der Waals surface area contributed by atoms with E-state index in [9.17, 15) is 4.79 Å². The Bertz CT molecular complexity index is 650. The number of amides is 1. The van der Waals surface area contributed by atoms with Gasteiger partial charge in [0.1, 0.15) is 0 Å². The Morgan fingerprint density at radius 3 is 2.39 bits per heavy atom. The van der Waals surface area contributed by atoms with Crippen molar-refractivity contribution in [1.29, 1.82) is 0 Å². The Balaban J connectivity index is 1.66. The van der Waals surface area contributed by atoms with Gasteiger partial charge in [-0.05, 0) is 24.3 Å². The topological polar surface area (TPSA) is 120 Å². The number of hydrogen-bond acceptors (Lipinski definition) is 8. The average molecular weight is 371 g/mol. The number of carbonyl (C=O) groups excluding carboxylic acids is 1. The van der Waals surface area contributed by atoms with Crippen molar-refractivity contribution in [3.8, 4) is 0 Å². The van der Waals surface area contributed by atoms with Gasteiger partial charge >= 0.3 is 0 Å². The summed E-state index contributed by atoms with van der Waals surface area (Å²) in [5, 5.41) is 3.87. The molecule has 0 fully saturated rings. The van der Waals surface area contributed by atoms with Gasteiger partial charge in [-0.15, -0.1) is 11.8 Å². The number of nitrogen functional groups attached to an aromatic ring is 2. The first-order valence-electron chi connectivity index (χ1n) is 6.58. The molecular weight excluding hydrogens is 356 g/mol. The molecule has 0 bridgehead atoms. The maximum absolute atomic E-state index is 11.7. The number of anilines is 2. The van der Waals surface area contributed by atoms with Gasteiger partial charge in [0.25, 0.3) is 0 Å². The summed E-state index contributed by atoms with van der Waals surface area (Å²) in [5.41, 5.74) is 10.9. The molecule has 2 rings (SSSR count). The number of halogens is 1. The summed E-state index contributed by atoms with van der Waals surface area (Å²) in [6.45, 7) is 0.564. The lowest BCUT2D eigenvalue weighted by Gasteiger charge is -2.05. The molecule has 1 aromatic heterocycles. The molecule has 0 aliphatic heterocycles. The Kier molecular flexibility index (Phi) is 6.75. The highest BCUT2D eigenvalue weighted by atomic mass is 35.5. The fourth-order valence-electron chi connectivity index (χ4n) is 1.52. The number of hydrogen-bond donors (Lipinski definition) is 3. The third-order valence-corrected chi connectivity index (χ3v) is 4.60. The first-order chi connectivity index (χ1) is 11.0. The Morgan fingerprint density at radius 1 is 1.09 bits per heavy atom. The van der Waals surface area contributed by atoms with Crippen LogP contribution in [0, 0.1) is 0 Å². The van der Waals surface area contributed by atoms with E-state index in [0.717, 1.165) is 22.4 Å². The summed E-state index contributed by atoms with van der Waals surface area (Å²) >= 11 is 8.62. The predicted octanol–water partition coefficient (Wildman–Crippen LogP) is 1.69. The SMILES string of the molecule is Nc1nc(N)nc(SCC(=O)NCCSc2ccc(Cl)cc2)n1. The average Bonchev–Trinajstić information content (AvgIpc) is 2.50. The van der Waals surface area contributed by atoms with Gasteiger partial charge in [-0.2, -0.15) is 15.0 Å². The van der Waals surface area contributed by atoms with E-state index in [0.29, 0.717) is 16.7 Å². The summed E-state index contributed by atoms with van der Waals surface area (Å²) in [7, 11) is 0. The van der Waals surface area contributed by atoms with Gasteiger partial charge in [-0.3, -0.25) is 4.79 Å². The fraction of sp³-hybridized carbons (Fsp3) is 0.231. The molecule has 1 heterocycles. The smallest absolute Gasteiger partial charge is 0.230 e. The van der Waals surface area contributed by atoms with Crippen molar-refractivity contribution in [3.05, 3.63) is 29.3 Å². The number of nitrogens with zero attached hydrogens (tertiary/aromatic N) is 3. The number of rotatable bonds is 7. The minimum Gasteiger partial charge on any atom is -0.368 e. The van der Waals surface area contributed by atoms with E-state index in [4.69, 9.17) is 23.1 Å². The van der Waals surface area contributed by atoms with Crippen LogP contribution in [-0.4, -0.2) is 38.9 Å². The van der Waals surface area contributed by atoms with E-state index in [2.05, 4.69) is 20.3 Å². The van der Waals surface area contributed by atoms with Gasteiger partial charge in [0.2, 0.25) is 17.8 Å². The lowest BCUT2D eigenvalue weighted by Crippen LogP contribution is -2.27. The summed E-state index contributed by atoms with van der Waals surface area (Å²) in [4.78, 5) is 24.3. The first kappa shape index (κ1) is 17.6. The van der Waals surface area contributed by atoms with Crippen LogP contribution < -0.4 is 16.8 Å². The molecule has 0 atom stereocenters. The monoisotopic (exact) mass is 370 g/mol. The molecule has 2 aromatic rings. The number of nitrogens with two attached hydrogens (primary N) is 2. The number of thioether (sulfide) groups is 2. The Labute approximate surface area is 147 Å². The van der Waals surface area contributed by atoms with Crippen LogP contribution in [-0.2, 0) is 4.79 Å². The molecule has 23 heavy (non-hydrogen) atoms. The molecule has 1 aromatic carbocycles. The van der Waals surface area contributed by atoms with E-state index in [-0.39, 0.29) is 23.6 Å². The van der Waals surface area contributed by atoms with Crippen LogP contribution in [0.3, 0.4) is 0 Å². The van der Waals surface area contributed by atoms with Crippen molar-refractivity contribution in [2.24, 2.45) is 0 Å². The van der Waals surface area contributed by atoms with Crippen molar-refractivity contribution in [3.63, 3.8) is 0 Å². The number of benzene rings is 1. The Hall–Kier alpha value is -1.71. The number of nitrogens with one attached hydrogen (secondary N) is 1. The minimum atomic E-state index is -0.107. The maximum Gasteiger partial charge on any atom is 0.230 e. The number of aromatic nitrogens is 3. The molecule has 0 spiro atoms. The first-order valence-corrected chi connectivity index (χ1v) is 8.93. The van der Waals surface area contributed by atoms with E-state index >= 15 is 0 Å². The molecule has 0 saturated carbocycles. The molecule has 0 saturated heterocycles. The Morgan fingerprint density at radius 2 is 1.74 bits per heavy atom. The van der Waals surface area contributed by atoms with Crippen LogP contribution in [0.4, 0.5) is 11.9 Å². The highest BCUT2D eigenvalue weighted by Gasteiger charge is 2.07. The zero-order chi connectivity index (χ0) is 16.7. The molecule has 122 valence electrons. The molecule has 10 heteroatoms. The minimum absolute atomic E-state index is 0.0415. The molecule has 1 amide bonds. The lowest BCUT2D eigenvalue weighted by atomic mass is 10.4. The third kappa shape index (κ3) is 6.51. The lowest BCUT2D eigenvalue weighted by molar-refractivity contribution is -0.118.